The van der Waals surface area contributed by atoms with Gasteiger partial charge in [-0.05, 0) is 52.4 Å². The fourth-order valence-electron chi connectivity index (χ4n) is 4.54. The Morgan fingerprint density at radius 3 is 2.42 bits per heavy atom. The number of carbonyl (C=O) groups is 3. The lowest BCUT2D eigenvalue weighted by atomic mass is 9.87. The molecule has 0 bridgehead atoms. The third kappa shape index (κ3) is 5.59. The molecule has 0 spiro atoms. The fraction of sp³-hybridized carbons (Fsp3) is 0.370. The van der Waals surface area contributed by atoms with E-state index in [4.69, 9.17) is 14.6 Å². The van der Waals surface area contributed by atoms with E-state index in [9.17, 15) is 19.5 Å². The molecule has 1 fully saturated rings. The Morgan fingerprint density at radius 1 is 1.08 bits per heavy atom. The van der Waals surface area contributed by atoms with Crippen LogP contribution in [0.3, 0.4) is 0 Å². The number of amides is 2. The molecule has 2 amide bonds. The predicted octanol–water partition coefficient (Wildman–Crippen LogP) is 3.66. The van der Waals surface area contributed by atoms with E-state index >= 15 is 0 Å². The molecule has 190 valence electrons. The second-order valence-corrected chi connectivity index (χ2v) is 9.76. The van der Waals surface area contributed by atoms with E-state index in [1.165, 1.54) is 6.08 Å². The van der Waals surface area contributed by atoms with Gasteiger partial charge in [0.1, 0.15) is 18.8 Å². The average molecular weight is 558 g/mol. The Morgan fingerprint density at radius 2 is 1.75 bits per heavy atom. The predicted molar refractivity (Wildman–Crippen MR) is 134 cm³/mol. The van der Waals surface area contributed by atoms with Gasteiger partial charge in [-0.1, -0.05) is 60.7 Å². The quantitative estimate of drug-likeness (QED) is 0.452. The number of hydrogen-bond acceptors (Lipinski definition) is 7. The van der Waals surface area contributed by atoms with Gasteiger partial charge in [-0.15, -0.1) is 0 Å². The first-order valence-electron chi connectivity index (χ1n) is 11.9. The number of nitrogens with zero attached hydrogens (tertiary/aromatic N) is 1. The molecule has 8 nitrogen and oxygen atoms in total. The summed E-state index contributed by atoms with van der Waals surface area (Å²) in [6.45, 7) is -0.0461. The van der Waals surface area contributed by atoms with E-state index in [1.54, 1.807) is 12.1 Å². The second kappa shape index (κ2) is 11.5. The number of hydrogen-bond donors (Lipinski definition) is 2. The van der Waals surface area contributed by atoms with Gasteiger partial charge in [0.25, 0.3) is 0 Å². The molecule has 2 aromatic rings. The number of aliphatic hydroxyl groups excluding tert-OH is 1. The summed E-state index contributed by atoms with van der Waals surface area (Å²) in [6, 6.07) is 17.5. The highest BCUT2D eigenvalue weighted by Crippen LogP contribution is 2.39. The molecule has 2 aliphatic heterocycles. The van der Waals surface area contributed by atoms with Crippen molar-refractivity contribution in [2.45, 2.75) is 43.6 Å². The van der Waals surface area contributed by atoms with E-state index in [1.807, 2.05) is 48.5 Å². The normalized spacial score (nSPS) is 24.9. The third-order valence-corrected chi connectivity index (χ3v) is 7.29. The molecule has 9 heteroatoms. The maximum absolute atomic E-state index is 14.0. The smallest absolute Gasteiger partial charge is 0.417 e. The lowest BCUT2D eigenvalue weighted by Crippen LogP contribution is -2.52. The highest BCUT2D eigenvalue weighted by atomic mass is 79.9. The Bertz CT molecular complexity index is 1120. The van der Waals surface area contributed by atoms with Crippen molar-refractivity contribution in [2.75, 3.05) is 13.2 Å². The van der Waals surface area contributed by atoms with Crippen LogP contribution >= 0.6 is 15.9 Å². The lowest BCUT2D eigenvalue weighted by molar-refractivity contribution is -0.218. The van der Waals surface area contributed by atoms with Gasteiger partial charge in [-0.3, -0.25) is 9.59 Å². The van der Waals surface area contributed by atoms with Crippen molar-refractivity contribution in [3.63, 3.8) is 0 Å². The van der Waals surface area contributed by atoms with Crippen LogP contribution in [-0.4, -0.2) is 58.0 Å². The van der Waals surface area contributed by atoms with Crippen LogP contribution in [0, 0.1) is 5.92 Å². The molecule has 4 atom stereocenters. The zero-order chi connectivity index (χ0) is 25.7. The number of unbranched alkanes of at least 4 members (excludes halogenated alkanes) is 1. The topological polar surface area (TPSA) is 113 Å². The van der Waals surface area contributed by atoms with Crippen molar-refractivity contribution in [2.24, 2.45) is 5.92 Å². The van der Waals surface area contributed by atoms with Gasteiger partial charge in [0.05, 0.1) is 10.4 Å². The molecule has 0 aromatic heterocycles. The molecule has 0 aliphatic carbocycles. The molecule has 2 aromatic carbocycles. The zero-order valence-electron chi connectivity index (χ0n) is 19.6. The lowest BCUT2D eigenvalue weighted by Gasteiger charge is -2.38. The van der Waals surface area contributed by atoms with Crippen molar-refractivity contribution in [1.29, 1.82) is 0 Å². The monoisotopic (exact) mass is 557 g/mol. The van der Waals surface area contributed by atoms with Crippen LogP contribution < -0.4 is 0 Å². The second-order valence-electron chi connectivity index (χ2n) is 8.91. The van der Waals surface area contributed by atoms with Crippen LogP contribution in [0.2, 0.25) is 0 Å². The number of benzene rings is 2. The fourth-order valence-corrected chi connectivity index (χ4v) is 5.05. The maximum Gasteiger partial charge on any atom is 0.417 e. The van der Waals surface area contributed by atoms with Gasteiger partial charge in [0.2, 0.25) is 5.91 Å². The van der Waals surface area contributed by atoms with Gasteiger partial charge in [-0.2, -0.15) is 0 Å². The molecular weight excluding hydrogens is 530 g/mol. The number of aliphatic hydroxyl groups is 2. The number of ether oxygens (including phenoxy) is 2. The van der Waals surface area contributed by atoms with Gasteiger partial charge in [-0.25, -0.2) is 9.69 Å². The summed E-state index contributed by atoms with van der Waals surface area (Å²) in [4.78, 5) is 40.9. The first kappa shape index (κ1) is 26.2. The molecule has 4 rings (SSSR count). The molecule has 2 aliphatic rings. The Kier molecular flexibility index (Phi) is 8.35. The first-order chi connectivity index (χ1) is 17.3. The van der Waals surface area contributed by atoms with Crippen LogP contribution in [0.1, 0.15) is 36.4 Å². The minimum absolute atomic E-state index is 0.00264. The van der Waals surface area contributed by atoms with Crippen molar-refractivity contribution in [3.8, 4) is 0 Å². The van der Waals surface area contributed by atoms with E-state index in [0.717, 1.165) is 16.0 Å². The van der Waals surface area contributed by atoms with Crippen LogP contribution in [0.25, 0.3) is 0 Å². The summed E-state index contributed by atoms with van der Waals surface area (Å²) in [5, 5.41) is 20.3. The summed E-state index contributed by atoms with van der Waals surface area (Å²) in [5.74, 6) is -4.05. The van der Waals surface area contributed by atoms with Crippen LogP contribution in [0.15, 0.2) is 71.2 Å². The third-order valence-electron chi connectivity index (χ3n) is 6.44. The highest BCUT2D eigenvalue weighted by molar-refractivity contribution is 9.11. The molecule has 36 heavy (non-hydrogen) atoms. The van der Waals surface area contributed by atoms with Gasteiger partial charge < -0.3 is 19.7 Å². The highest BCUT2D eigenvalue weighted by Gasteiger charge is 2.49. The number of rotatable bonds is 9. The Labute approximate surface area is 217 Å². The van der Waals surface area contributed by atoms with Crippen LogP contribution in [0.5, 0.6) is 0 Å². The zero-order valence-corrected chi connectivity index (χ0v) is 21.2. The van der Waals surface area contributed by atoms with Crippen LogP contribution in [0.4, 0.5) is 4.79 Å². The Hall–Kier alpha value is -2.85. The van der Waals surface area contributed by atoms with E-state index in [2.05, 4.69) is 15.9 Å². The molecule has 0 radical (unpaired) electrons. The molecule has 2 heterocycles. The SMILES string of the molecule is O=C1C=C(Br)[C@](O)(CCCCO)O[C@@H]1[C@@H](Cc1ccccc1)C(=O)N1C(=O)OC[C@H]1c1ccccc1. The van der Waals surface area contributed by atoms with E-state index < -0.39 is 41.6 Å². The average Bonchev–Trinajstić information content (AvgIpc) is 3.27. The Balaban J connectivity index is 1.69. The molecule has 0 unspecified atom stereocenters. The van der Waals surface area contributed by atoms with E-state index in [-0.39, 0.29) is 30.5 Å². The van der Waals surface area contributed by atoms with Crippen LogP contribution in [-0.2, 0) is 25.5 Å². The largest absolute Gasteiger partial charge is 0.446 e. The number of carbonyl (C=O) groups excluding carboxylic acids is 3. The standard InChI is InChI=1S/C27H28BrNO7/c28-23-16-22(31)24(36-27(23,34)13-7-8-14-30)20(15-18-9-3-1-4-10-18)25(32)29-21(17-35-26(29)33)19-11-5-2-6-12-19/h1-6,9-12,16,20-21,24,30,34H,7-8,13-15,17H2/t20-,21+,24-,27+/m1/s1. The van der Waals surface area contributed by atoms with Crippen molar-refractivity contribution >= 4 is 33.7 Å². The number of halogens is 1. The van der Waals surface area contributed by atoms with Gasteiger partial charge in [0, 0.05) is 13.0 Å². The molecular formula is C27H28BrNO7. The number of ketones is 1. The van der Waals surface area contributed by atoms with Crippen molar-refractivity contribution in [1.82, 2.24) is 4.90 Å². The van der Waals surface area contributed by atoms with E-state index in [0.29, 0.717) is 12.8 Å². The summed E-state index contributed by atoms with van der Waals surface area (Å²) in [6.07, 6.45) is 0.208. The first-order valence-corrected chi connectivity index (χ1v) is 12.6. The molecule has 2 N–H and O–H groups in total. The summed E-state index contributed by atoms with van der Waals surface area (Å²) in [5.41, 5.74) is 1.50. The van der Waals surface area contributed by atoms with Crippen molar-refractivity contribution in [3.05, 3.63) is 82.3 Å². The van der Waals surface area contributed by atoms with Crippen molar-refractivity contribution < 1.29 is 34.1 Å². The van der Waals surface area contributed by atoms with Gasteiger partial charge in [0.15, 0.2) is 11.6 Å². The maximum atomic E-state index is 14.0. The summed E-state index contributed by atoms with van der Waals surface area (Å²) < 4.78 is 11.3. The van der Waals surface area contributed by atoms with Gasteiger partial charge >= 0.3 is 6.09 Å². The number of imide groups is 1. The summed E-state index contributed by atoms with van der Waals surface area (Å²) >= 11 is 3.23. The minimum atomic E-state index is -1.84. The number of cyclic esters (lactones) is 1. The minimum Gasteiger partial charge on any atom is -0.446 e. The molecule has 0 saturated carbocycles. The molecule has 1 saturated heterocycles. The summed E-state index contributed by atoms with van der Waals surface area (Å²) in [7, 11) is 0.